The van der Waals surface area contributed by atoms with Gasteiger partial charge < -0.3 is 9.67 Å². The fraction of sp³-hybridized carbons (Fsp3) is 0.500. The lowest BCUT2D eigenvalue weighted by Crippen LogP contribution is -2.40. The quantitative estimate of drug-likeness (QED) is 0.529. The number of nitrogens with zero attached hydrogens (tertiary/aromatic N) is 5. The standard InChI is InChI=1S/C26H32ClN5O3/c1-18-11-14-30(15-12-18)19(2)5-10-22-28-24-23(32(22)17-20-6-8-21(27)9-7-20)25(34)31(13-4-16-33)26(35)29(24)3/h6-9,18-19,33H,4,11-17H2,1-3H3. The van der Waals surface area contributed by atoms with Crippen LogP contribution in [0.2, 0.25) is 5.02 Å². The molecule has 1 saturated heterocycles. The maximum atomic E-state index is 13.4. The first-order valence-electron chi connectivity index (χ1n) is 12.1. The SMILES string of the molecule is CC1CCN(C(C)C#Cc2nc3c(c(=O)n(CCCO)c(=O)n3C)n2Cc2ccc(Cl)cc2)CC1. The van der Waals surface area contributed by atoms with E-state index in [1.807, 2.05) is 12.1 Å². The summed E-state index contributed by atoms with van der Waals surface area (Å²) >= 11 is 6.06. The van der Waals surface area contributed by atoms with Crippen LogP contribution in [-0.4, -0.2) is 54.4 Å². The molecule has 3 aromatic rings. The predicted molar refractivity (Wildman–Crippen MR) is 138 cm³/mol. The molecule has 1 N–H and O–H groups in total. The summed E-state index contributed by atoms with van der Waals surface area (Å²) in [6.45, 7) is 6.79. The highest BCUT2D eigenvalue weighted by atomic mass is 35.5. The molecule has 1 fully saturated rings. The van der Waals surface area contributed by atoms with Crippen molar-refractivity contribution in [1.82, 2.24) is 23.6 Å². The van der Waals surface area contributed by atoms with Gasteiger partial charge in [-0.05, 0) is 68.8 Å². The minimum Gasteiger partial charge on any atom is -0.396 e. The topological polar surface area (TPSA) is 85.3 Å². The van der Waals surface area contributed by atoms with Gasteiger partial charge in [0.1, 0.15) is 0 Å². The Kier molecular flexibility index (Phi) is 7.80. The number of fused-ring (bicyclic) bond motifs is 1. The Morgan fingerprint density at radius 3 is 2.51 bits per heavy atom. The van der Waals surface area contributed by atoms with Gasteiger partial charge in [0.05, 0.1) is 12.6 Å². The first kappa shape index (κ1) is 25.2. The van der Waals surface area contributed by atoms with Crippen molar-refractivity contribution in [3.05, 3.63) is 61.5 Å². The molecule has 1 aliphatic heterocycles. The molecule has 3 heterocycles. The van der Waals surface area contributed by atoms with Crippen LogP contribution in [0.4, 0.5) is 0 Å². The average Bonchev–Trinajstić information content (AvgIpc) is 3.21. The molecule has 1 unspecified atom stereocenters. The number of aromatic nitrogens is 4. The van der Waals surface area contributed by atoms with Crippen LogP contribution in [-0.2, 0) is 20.1 Å². The van der Waals surface area contributed by atoms with E-state index in [1.165, 1.54) is 4.57 Å². The maximum Gasteiger partial charge on any atom is 0.332 e. The second-order valence-corrected chi connectivity index (χ2v) is 9.80. The van der Waals surface area contributed by atoms with Gasteiger partial charge in [-0.1, -0.05) is 36.6 Å². The van der Waals surface area contributed by atoms with E-state index in [-0.39, 0.29) is 19.2 Å². The molecule has 4 rings (SSSR count). The van der Waals surface area contributed by atoms with E-state index in [0.29, 0.717) is 35.0 Å². The van der Waals surface area contributed by atoms with Gasteiger partial charge in [0.25, 0.3) is 5.56 Å². The van der Waals surface area contributed by atoms with Crippen LogP contribution in [0.15, 0.2) is 33.9 Å². The first-order chi connectivity index (χ1) is 16.8. The van der Waals surface area contributed by atoms with E-state index in [2.05, 4.69) is 35.6 Å². The average molecular weight is 498 g/mol. The van der Waals surface area contributed by atoms with Crippen LogP contribution in [0.25, 0.3) is 11.2 Å². The largest absolute Gasteiger partial charge is 0.396 e. The van der Waals surface area contributed by atoms with Crippen molar-refractivity contribution in [3.8, 4) is 11.8 Å². The monoisotopic (exact) mass is 497 g/mol. The van der Waals surface area contributed by atoms with Crippen molar-refractivity contribution in [3.63, 3.8) is 0 Å². The first-order valence-corrected chi connectivity index (χ1v) is 12.5. The second kappa shape index (κ2) is 10.8. The van der Waals surface area contributed by atoms with Gasteiger partial charge >= 0.3 is 5.69 Å². The van der Waals surface area contributed by atoms with Gasteiger partial charge in [0.15, 0.2) is 17.0 Å². The number of halogens is 1. The van der Waals surface area contributed by atoms with Crippen LogP contribution in [0.3, 0.4) is 0 Å². The van der Waals surface area contributed by atoms with E-state index < -0.39 is 11.2 Å². The molecule has 9 heteroatoms. The number of aliphatic hydroxyl groups is 1. The molecule has 1 aromatic carbocycles. The minimum absolute atomic E-state index is 0.0522. The predicted octanol–water partition coefficient (Wildman–Crippen LogP) is 2.45. The van der Waals surface area contributed by atoms with Crippen molar-refractivity contribution in [2.75, 3.05) is 19.7 Å². The molecule has 1 aliphatic rings. The Morgan fingerprint density at radius 1 is 1.17 bits per heavy atom. The number of piperidine rings is 1. The highest BCUT2D eigenvalue weighted by molar-refractivity contribution is 6.30. The lowest BCUT2D eigenvalue weighted by molar-refractivity contribution is 0.173. The molecule has 0 saturated carbocycles. The number of aliphatic hydroxyl groups excluding tert-OH is 1. The molecule has 186 valence electrons. The molecule has 2 aromatic heterocycles. The summed E-state index contributed by atoms with van der Waals surface area (Å²) in [5.41, 5.74) is 0.679. The number of rotatable bonds is 6. The van der Waals surface area contributed by atoms with Gasteiger partial charge in [0.2, 0.25) is 0 Å². The summed E-state index contributed by atoms with van der Waals surface area (Å²) in [4.78, 5) is 33.3. The van der Waals surface area contributed by atoms with Crippen molar-refractivity contribution >= 4 is 22.8 Å². The third-order valence-corrected chi connectivity index (χ3v) is 7.04. The molecule has 0 radical (unpaired) electrons. The summed E-state index contributed by atoms with van der Waals surface area (Å²) in [5, 5.41) is 9.86. The van der Waals surface area contributed by atoms with E-state index >= 15 is 0 Å². The summed E-state index contributed by atoms with van der Waals surface area (Å²) in [7, 11) is 1.61. The maximum absolute atomic E-state index is 13.4. The summed E-state index contributed by atoms with van der Waals surface area (Å²) in [5.74, 6) is 7.72. The molecule has 0 spiro atoms. The zero-order valence-corrected chi connectivity index (χ0v) is 21.3. The molecule has 1 atom stereocenters. The molecule has 0 amide bonds. The number of hydrogen-bond acceptors (Lipinski definition) is 5. The van der Waals surface area contributed by atoms with Crippen LogP contribution >= 0.6 is 11.6 Å². The van der Waals surface area contributed by atoms with Crippen molar-refractivity contribution < 1.29 is 5.11 Å². The fourth-order valence-electron chi connectivity index (χ4n) is 4.50. The van der Waals surface area contributed by atoms with Crippen LogP contribution < -0.4 is 11.2 Å². The molecule has 0 aliphatic carbocycles. The molecule has 0 bridgehead atoms. The van der Waals surface area contributed by atoms with Crippen molar-refractivity contribution in [2.24, 2.45) is 13.0 Å². The van der Waals surface area contributed by atoms with Gasteiger partial charge in [-0.3, -0.25) is 18.8 Å². The van der Waals surface area contributed by atoms with Crippen molar-refractivity contribution in [2.45, 2.75) is 52.2 Å². The molecule has 8 nitrogen and oxygen atoms in total. The van der Waals surface area contributed by atoms with E-state index in [9.17, 15) is 14.7 Å². The normalized spacial score (nSPS) is 15.8. The molecule has 35 heavy (non-hydrogen) atoms. The van der Waals surface area contributed by atoms with Gasteiger partial charge in [-0.15, -0.1) is 0 Å². The highest BCUT2D eigenvalue weighted by Gasteiger charge is 2.21. The highest BCUT2D eigenvalue weighted by Crippen LogP contribution is 2.19. The summed E-state index contributed by atoms with van der Waals surface area (Å²) in [6, 6.07) is 7.45. The lowest BCUT2D eigenvalue weighted by Gasteiger charge is -2.32. The Morgan fingerprint density at radius 2 is 1.86 bits per heavy atom. The Bertz CT molecular complexity index is 1370. The number of aryl methyl sites for hydroxylation is 1. The van der Waals surface area contributed by atoms with Crippen LogP contribution in [0.5, 0.6) is 0 Å². The van der Waals surface area contributed by atoms with Crippen LogP contribution in [0.1, 0.15) is 44.5 Å². The Balaban J connectivity index is 1.82. The smallest absolute Gasteiger partial charge is 0.332 e. The molecular weight excluding hydrogens is 466 g/mol. The van der Waals surface area contributed by atoms with Crippen molar-refractivity contribution in [1.29, 1.82) is 0 Å². The third kappa shape index (κ3) is 5.37. The number of imidazole rings is 1. The fourth-order valence-corrected chi connectivity index (χ4v) is 4.62. The van der Waals surface area contributed by atoms with Crippen LogP contribution in [0, 0.1) is 17.8 Å². The number of likely N-dealkylation sites (tertiary alicyclic amines) is 1. The number of hydrogen-bond donors (Lipinski definition) is 1. The van der Waals surface area contributed by atoms with E-state index in [0.717, 1.165) is 42.0 Å². The van der Waals surface area contributed by atoms with Gasteiger partial charge in [-0.2, -0.15) is 0 Å². The zero-order valence-electron chi connectivity index (χ0n) is 20.5. The van der Waals surface area contributed by atoms with Gasteiger partial charge in [0, 0.05) is 25.2 Å². The van der Waals surface area contributed by atoms with E-state index in [1.54, 1.807) is 23.7 Å². The van der Waals surface area contributed by atoms with E-state index in [4.69, 9.17) is 11.6 Å². The number of benzene rings is 1. The minimum atomic E-state index is -0.456. The Hall–Kier alpha value is -2.86. The third-order valence-electron chi connectivity index (χ3n) is 6.79. The lowest BCUT2D eigenvalue weighted by atomic mass is 9.98. The summed E-state index contributed by atoms with van der Waals surface area (Å²) in [6.07, 6.45) is 2.64. The van der Waals surface area contributed by atoms with Gasteiger partial charge in [-0.25, -0.2) is 9.78 Å². The zero-order chi connectivity index (χ0) is 25.1. The Labute approximate surface area is 209 Å². The molecular formula is C26H32ClN5O3. The summed E-state index contributed by atoms with van der Waals surface area (Å²) < 4.78 is 4.33. The second-order valence-electron chi connectivity index (χ2n) is 9.36.